The van der Waals surface area contributed by atoms with E-state index in [4.69, 9.17) is 14.2 Å². The molecule has 0 saturated heterocycles. The van der Waals surface area contributed by atoms with Crippen LogP contribution in [0.4, 0.5) is 4.39 Å². The van der Waals surface area contributed by atoms with Crippen LogP contribution in [0.3, 0.4) is 0 Å². The van der Waals surface area contributed by atoms with E-state index >= 15 is 0 Å². The average molecular weight is 433 g/mol. The van der Waals surface area contributed by atoms with Crippen LogP contribution in [0.2, 0.25) is 0 Å². The van der Waals surface area contributed by atoms with Crippen LogP contribution in [0.1, 0.15) is 51.9 Å². The molecule has 26 heavy (non-hydrogen) atoms. The molecule has 0 aromatic heterocycles. The number of unbranched alkanes of at least 4 members (excludes halogenated alkanes) is 6. The van der Waals surface area contributed by atoms with Gasteiger partial charge in [0.2, 0.25) is 0 Å². The predicted molar refractivity (Wildman–Crippen MR) is 99.5 cm³/mol. The molecular weight excluding hydrogens is 407 g/mol. The number of ether oxygens (including phenoxy) is 3. The molecule has 1 rings (SSSR count). The highest BCUT2D eigenvalue weighted by molar-refractivity contribution is 9.10. The van der Waals surface area contributed by atoms with Gasteiger partial charge >= 0.3 is 11.9 Å². The first-order chi connectivity index (χ1) is 12.5. The topological polar surface area (TPSA) is 61.8 Å². The Hall–Kier alpha value is -1.47. The zero-order valence-corrected chi connectivity index (χ0v) is 16.7. The first-order valence-electron chi connectivity index (χ1n) is 8.92. The van der Waals surface area contributed by atoms with Crippen molar-refractivity contribution in [3.05, 3.63) is 28.5 Å². The second-order valence-electron chi connectivity index (χ2n) is 5.88. The first kappa shape index (κ1) is 22.6. The normalized spacial score (nSPS) is 10.6. The van der Waals surface area contributed by atoms with Crippen LogP contribution in [-0.2, 0) is 19.1 Å². The van der Waals surface area contributed by atoms with Gasteiger partial charge in [0, 0.05) is 0 Å². The molecule has 5 nitrogen and oxygen atoms in total. The molecule has 1 aromatic carbocycles. The SMILES string of the molecule is CCCCCCCCCOC(=O)COCC(=O)Oc1ccc(F)cc1Br. The Morgan fingerprint density at radius 2 is 1.65 bits per heavy atom. The quantitative estimate of drug-likeness (QED) is 0.254. The molecule has 1 aromatic rings. The van der Waals surface area contributed by atoms with Crippen molar-refractivity contribution in [2.45, 2.75) is 51.9 Å². The van der Waals surface area contributed by atoms with Gasteiger partial charge in [-0.15, -0.1) is 0 Å². The summed E-state index contributed by atoms with van der Waals surface area (Å²) in [5.74, 6) is -1.46. The van der Waals surface area contributed by atoms with E-state index in [1.54, 1.807) is 0 Å². The molecule has 0 aliphatic carbocycles. The van der Waals surface area contributed by atoms with Crippen molar-refractivity contribution in [3.63, 3.8) is 0 Å². The fourth-order valence-corrected chi connectivity index (χ4v) is 2.65. The van der Waals surface area contributed by atoms with Crippen LogP contribution in [0.5, 0.6) is 5.75 Å². The molecule has 0 radical (unpaired) electrons. The second-order valence-corrected chi connectivity index (χ2v) is 6.74. The van der Waals surface area contributed by atoms with E-state index < -0.39 is 24.4 Å². The number of benzene rings is 1. The maximum Gasteiger partial charge on any atom is 0.337 e. The van der Waals surface area contributed by atoms with Crippen molar-refractivity contribution in [3.8, 4) is 5.75 Å². The molecule has 0 atom stereocenters. The van der Waals surface area contributed by atoms with E-state index in [0.29, 0.717) is 11.1 Å². The third kappa shape index (κ3) is 10.5. The van der Waals surface area contributed by atoms with Gasteiger partial charge in [-0.3, -0.25) is 0 Å². The molecule has 0 heterocycles. The minimum Gasteiger partial charge on any atom is -0.464 e. The fourth-order valence-electron chi connectivity index (χ4n) is 2.21. The van der Waals surface area contributed by atoms with Crippen LogP contribution in [0.25, 0.3) is 0 Å². The first-order valence-corrected chi connectivity index (χ1v) is 9.71. The van der Waals surface area contributed by atoms with Crippen molar-refractivity contribution >= 4 is 27.9 Å². The molecule has 0 aliphatic rings. The van der Waals surface area contributed by atoms with Gasteiger partial charge in [-0.05, 0) is 40.5 Å². The average Bonchev–Trinajstić information content (AvgIpc) is 2.60. The van der Waals surface area contributed by atoms with Crippen LogP contribution in [0, 0.1) is 5.82 Å². The van der Waals surface area contributed by atoms with Gasteiger partial charge in [0.25, 0.3) is 0 Å². The zero-order valence-electron chi connectivity index (χ0n) is 15.1. The van der Waals surface area contributed by atoms with Crippen LogP contribution >= 0.6 is 15.9 Å². The van der Waals surface area contributed by atoms with Crippen molar-refractivity contribution in [2.75, 3.05) is 19.8 Å². The van der Waals surface area contributed by atoms with E-state index in [-0.39, 0.29) is 12.4 Å². The molecule has 0 aliphatic heterocycles. The van der Waals surface area contributed by atoms with E-state index in [2.05, 4.69) is 22.9 Å². The maximum atomic E-state index is 12.9. The smallest absolute Gasteiger partial charge is 0.337 e. The molecule has 146 valence electrons. The van der Waals surface area contributed by atoms with Gasteiger partial charge in [0.15, 0.2) is 0 Å². The Morgan fingerprint density at radius 3 is 2.35 bits per heavy atom. The monoisotopic (exact) mass is 432 g/mol. The second kappa shape index (κ2) is 13.7. The number of halogens is 2. The summed E-state index contributed by atoms with van der Waals surface area (Å²) < 4.78 is 28.3. The molecule has 0 bridgehead atoms. The van der Waals surface area contributed by atoms with Gasteiger partial charge in [0.05, 0.1) is 11.1 Å². The lowest BCUT2D eigenvalue weighted by molar-refractivity contribution is -0.152. The highest BCUT2D eigenvalue weighted by atomic mass is 79.9. The summed E-state index contributed by atoms with van der Waals surface area (Å²) in [7, 11) is 0. The van der Waals surface area contributed by atoms with E-state index in [1.807, 2.05) is 0 Å². The Bertz CT molecular complexity index is 565. The highest BCUT2D eigenvalue weighted by Gasteiger charge is 2.11. The fraction of sp³-hybridized carbons (Fsp3) is 0.579. The van der Waals surface area contributed by atoms with Crippen molar-refractivity contribution in [1.82, 2.24) is 0 Å². The molecule has 7 heteroatoms. The molecule has 0 N–H and O–H groups in total. The summed E-state index contributed by atoms with van der Waals surface area (Å²) in [5, 5.41) is 0. The molecule has 0 fully saturated rings. The van der Waals surface area contributed by atoms with E-state index in [0.717, 1.165) is 19.3 Å². The van der Waals surface area contributed by atoms with Crippen LogP contribution in [0.15, 0.2) is 22.7 Å². The number of hydrogen-bond acceptors (Lipinski definition) is 5. The Morgan fingerprint density at radius 1 is 1.00 bits per heavy atom. The van der Waals surface area contributed by atoms with Gasteiger partial charge in [-0.25, -0.2) is 14.0 Å². The van der Waals surface area contributed by atoms with Crippen molar-refractivity contribution in [1.29, 1.82) is 0 Å². The highest BCUT2D eigenvalue weighted by Crippen LogP contribution is 2.25. The number of rotatable bonds is 13. The van der Waals surface area contributed by atoms with Gasteiger partial charge in [-0.1, -0.05) is 45.4 Å². The van der Waals surface area contributed by atoms with E-state index in [9.17, 15) is 14.0 Å². The lowest BCUT2D eigenvalue weighted by atomic mass is 10.1. The number of carbonyl (C=O) groups excluding carboxylic acids is 2. The summed E-state index contributed by atoms with van der Waals surface area (Å²) in [6, 6.07) is 3.69. The molecule has 0 spiro atoms. The third-order valence-electron chi connectivity index (χ3n) is 3.57. The molecule has 0 amide bonds. The Labute approximate surface area is 162 Å². The third-order valence-corrected chi connectivity index (χ3v) is 4.19. The van der Waals surface area contributed by atoms with Crippen LogP contribution in [-0.4, -0.2) is 31.8 Å². The Balaban J connectivity index is 2.05. The zero-order chi connectivity index (χ0) is 19.2. The minimum absolute atomic E-state index is 0.182. The predicted octanol–water partition coefficient (Wildman–Crippen LogP) is 4.80. The molecule has 0 saturated carbocycles. The summed E-state index contributed by atoms with van der Waals surface area (Å²) in [6.07, 6.45) is 8.00. The maximum absolute atomic E-state index is 12.9. The van der Waals surface area contributed by atoms with Crippen molar-refractivity contribution < 1.29 is 28.2 Å². The van der Waals surface area contributed by atoms with Crippen LogP contribution < -0.4 is 4.74 Å². The van der Waals surface area contributed by atoms with Gasteiger partial charge in [-0.2, -0.15) is 0 Å². The summed E-state index contributed by atoms with van der Waals surface area (Å²) in [5.41, 5.74) is 0. The van der Waals surface area contributed by atoms with Gasteiger partial charge in [0.1, 0.15) is 24.8 Å². The van der Waals surface area contributed by atoms with E-state index in [1.165, 1.54) is 43.9 Å². The molecular formula is C19H26BrFO5. The summed E-state index contributed by atoms with van der Waals surface area (Å²) in [6.45, 7) is 1.85. The van der Waals surface area contributed by atoms with Crippen molar-refractivity contribution in [2.24, 2.45) is 0 Å². The lowest BCUT2D eigenvalue weighted by Gasteiger charge is -2.07. The number of carbonyl (C=O) groups is 2. The van der Waals surface area contributed by atoms with Gasteiger partial charge < -0.3 is 14.2 Å². The molecule has 0 unspecified atom stereocenters. The summed E-state index contributed by atoms with van der Waals surface area (Å²) in [4.78, 5) is 23.1. The number of hydrogen-bond donors (Lipinski definition) is 0. The standard InChI is InChI=1S/C19H26BrFO5/c1-2-3-4-5-6-7-8-11-25-18(22)13-24-14-19(23)26-17-10-9-15(21)12-16(17)20/h9-10,12H,2-8,11,13-14H2,1H3. The largest absolute Gasteiger partial charge is 0.464 e. The minimum atomic E-state index is -0.683. The lowest BCUT2D eigenvalue weighted by Crippen LogP contribution is -2.20. The summed E-state index contributed by atoms with van der Waals surface area (Å²) >= 11 is 3.09. The number of esters is 2. The Kier molecular flexibility index (Phi) is 11.9.